The lowest BCUT2D eigenvalue weighted by atomic mass is 10.1. The Morgan fingerprint density at radius 3 is 2.41 bits per heavy atom. The predicted molar refractivity (Wildman–Crippen MR) is 58.5 cm³/mol. The predicted octanol–water partition coefficient (Wildman–Crippen LogP) is 1.81. The number of hydrogen-bond acceptors (Lipinski definition) is 3. The van der Waals surface area contributed by atoms with E-state index in [2.05, 4.69) is 0 Å². The largest absolute Gasteiger partial charge is 0.480 e. The topological polar surface area (TPSA) is 66.8 Å². The van der Waals surface area contributed by atoms with E-state index in [9.17, 15) is 14.0 Å². The number of nitrogens with zero attached hydrogens (tertiary/aromatic N) is 1. The normalized spacial score (nSPS) is 29.2. The quantitative estimate of drug-likeness (QED) is 0.767. The number of likely N-dealkylation sites (tertiary alicyclic amines) is 1. The van der Waals surface area contributed by atoms with E-state index in [0.717, 1.165) is 4.90 Å². The van der Waals surface area contributed by atoms with Crippen LogP contribution in [-0.2, 0) is 9.53 Å². The maximum absolute atomic E-state index is 13.8. The van der Waals surface area contributed by atoms with Gasteiger partial charge >= 0.3 is 12.1 Å². The van der Waals surface area contributed by atoms with Crippen LogP contribution in [0.15, 0.2) is 0 Å². The van der Waals surface area contributed by atoms with E-state index in [4.69, 9.17) is 9.84 Å². The molecule has 0 saturated carbocycles. The second-order valence-electron chi connectivity index (χ2n) is 5.58. The van der Waals surface area contributed by atoms with Crippen molar-refractivity contribution in [2.24, 2.45) is 0 Å². The highest BCUT2D eigenvalue weighted by Gasteiger charge is 2.48. The lowest BCUT2D eigenvalue weighted by Gasteiger charge is -2.26. The molecule has 1 fully saturated rings. The second kappa shape index (κ2) is 4.16. The van der Waals surface area contributed by atoms with E-state index in [1.165, 1.54) is 6.92 Å². The molecule has 1 N–H and O–H groups in total. The summed E-state index contributed by atoms with van der Waals surface area (Å²) in [5.74, 6) is -1.21. The second-order valence-corrected chi connectivity index (χ2v) is 5.58. The summed E-state index contributed by atoms with van der Waals surface area (Å²) in [7, 11) is 0. The van der Waals surface area contributed by atoms with Gasteiger partial charge in [-0.3, -0.25) is 4.90 Å². The van der Waals surface area contributed by atoms with Gasteiger partial charge in [-0.25, -0.2) is 14.0 Å². The van der Waals surface area contributed by atoms with Gasteiger partial charge in [-0.05, 0) is 27.7 Å². The molecular weight excluding hydrogens is 229 g/mol. The van der Waals surface area contributed by atoms with Crippen LogP contribution in [-0.4, -0.2) is 45.9 Å². The van der Waals surface area contributed by atoms with Crippen molar-refractivity contribution in [3.05, 3.63) is 0 Å². The van der Waals surface area contributed by atoms with Crippen LogP contribution in [0.25, 0.3) is 0 Å². The first-order valence-corrected chi connectivity index (χ1v) is 5.43. The average molecular weight is 247 g/mol. The Kier molecular flexibility index (Phi) is 3.36. The fourth-order valence-corrected chi connectivity index (χ4v) is 1.78. The number of rotatable bonds is 1. The molecule has 1 amide bonds. The fraction of sp³-hybridized carbons (Fsp3) is 0.818. The van der Waals surface area contributed by atoms with Gasteiger partial charge in [0.25, 0.3) is 0 Å². The van der Waals surface area contributed by atoms with Crippen LogP contribution in [0, 0.1) is 0 Å². The van der Waals surface area contributed by atoms with Crippen molar-refractivity contribution in [1.29, 1.82) is 0 Å². The molecule has 0 aromatic carbocycles. The molecule has 1 rings (SSSR count). The van der Waals surface area contributed by atoms with Gasteiger partial charge in [-0.2, -0.15) is 0 Å². The number of carboxylic acid groups (broad SMARTS) is 1. The van der Waals surface area contributed by atoms with Crippen molar-refractivity contribution in [2.75, 3.05) is 6.54 Å². The summed E-state index contributed by atoms with van der Waals surface area (Å²) in [6, 6.07) is -1.15. The zero-order valence-corrected chi connectivity index (χ0v) is 10.5. The molecule has 0 bridgehead atoms. The number of alkyl halides is 1. The first-order chi connectivity index (χ1) is 7.52. The van der Waals surface area contributed by atoms with Crippen LogP contribution in [0.4, 0.5) is 9.18 Å². The lowest BCUT2D eigenvalue weighted by molar-refractivity contribution is -0.142. The first kappa shape index (κ1) is 13.7. The molecule has 0 spiro atoms. The number of ether oxygens (including phenoxy) is 1. The average Bonchev–Trinajstić information content (AvgIpc) is 2.38. The van der Waals surface area contributed by atoms with E-state index in [1.54, 1.807) is 20.8 Å². The summed E-state index contributed by atoms with van der Waals surface area (Å²) in [4.78, 5) is 23.6. The molecule has 0 aliphatic carbocycles. The highest BCUT2D eigenvalue weighted by Crippen LogP contribution is 2.31. The Hall–Kier alpha value is -1.33. The van der Waals surface area contributed by atoms with Gasteiger partial charge in [0.2, 0.25) is 0 Å². The molecule has 98 valence electrons. The Morgan fingerprint density at radius 2 is 2.00 bits per heavy atom. The van der Waals surface area contributed by atoms with Crippen LogP contribution < -0.4 is 0 Å². The third-order valence-electron chi connectivity index (χ3n) is 2.41. The molecule has 0 aromatic rings. The van der Waals surface area contributed by atoms with E-state index < -0.39 is 29.4 Å². The maximum Gasteiger partial charge on any atom is 0.411 e. The summed E-state index contributed by atoms with van der Waals surface area (Å²) in [5, 5.41) is 8.95. The molecule has 5 nitrogen and oxygen atoms in total. The molecule has 0 aromatic heterocycles. The molecule has 1 aliphatic heterocycles. The van der Waals surface area contributed by atoms with Gasteiger partial charge in [0.15, 0.2) is 0 Å². The van der Waals surface area contributed by atoms with Crippen molar-refractivity contribution in [3.63, 3.8) is 0 Å². The van der Waals surface area contributed by atoms with E-state index >= 15 is 0 Å². The standard InChI is InChI=1S/C11H18FNO4/c1-10(2,3)17-9(16)13-6-11(4,12)5-7(13)8(14)15/h7H,5-6H2,1-4H3,(H,14,15). The van der Waals surface area contributed by atoms with Crippen molar-refractivity contribution < 1.29 is 23.8 Å². The number of aliphatic carboxylic acids is 1. The third-order valence-corrected chi connectivity index (χ3v) is 2.41. The third kappa shape index (κ3) is 3.57. The summed E-state index contributed by atoms with van der Waals surface area (Å²) in [6.07, 6.45) is -0.993. The Morgan fingerprint density at radius 1 is 1.47 bits per heavy atom. The van der Waals surface area contributed by atoms with Crippen LogP contribution in [0.3, 0.4) is 0 Å². The van der Waals surface area contributed by atoms with E-state index in [0.29, 0.717) is 0 Å². The number of carbonyl (C=O) groups is 2. The smallest absolute Gasteiger partial charge is 0.411 e. The fourth-order valence-electron chi connectivity index (χ4n) is 1.78. The molecular formula is C11H18FNO4. The van der Waals surface area contributed by atoms with E-state index in [-0.39, 0.29) is 13.0 Å². The molecule has 2 unspecified atom stereocenters. The number of amides is 1. The van der Waals surface area contributed by atoms with Crippen LogP contribution in [0.1, 0.15) is 34.1 Å². The Labute approximate surface area is 99.5 Å². The summed E-state index contributed by atoms with van der Waals surface area (Å²) < 4.78 is 18.8. The number of hydrogen-bond donors (Lipinski definition) is 1. The summed E-state index contributed by atoms with van der Waals surface area (Å²) >= 11 is 0. The summed E-state index contributed by atoms with van der Waals surface area (Å²) in [5.41, 5.74) is -2.41. The number of halogens is 1. The molecule has 2 atom stereocenters. The van der Waals surface area contributed by atoms with Gasteiger partial charge in [-0.1, -0.05) is 0 Å². The zero-order chi connectivity index (χ0) is 13.4. The lowest BCUT2D eigenvalue weighted by Crippen LogP contribution is -2.43. The van der Waals surface area contributed by atoms with Crippen molar-refractivity contribution in [2.45, 2.75) is 51.4 Å². The first-order valence-electron chi connectivity index (χ1n) is 5.43. The van der Waals surface area contributed by atoms with Crippen molar-refractivity contribution in [3.8, 4) is 0 Å². The maximum atomic E-state index is 13.8. The molecule has 1 saturated heterocycles. The minimum absolute atomic E-state index is 0.207. The number of carbonyl (C=O) groups excluding carboxylic acids is 1. The van der Waals surface area contributed by atoms with Gasteiger partial charge < -0.3 is 9.84 Å². The van der Waals surface area contributed by atoms with Crippen molar-refractivity contribution in [1.82, 2.24) is 4.90 Å². The molecule has 1 heterocycles. The highest BCUT2D eigenvalue weighted by molar-refractivity contribution is 5.81. The van der Waals surface area contributed by atoms with Crippen LogP contribution in [0.5, 0.6) is 0 Å². The van der Waals surface area contributed by atoms with Gasteiger partial charge in [0, 0.05) is 6.42 Å². The molecule has 6 heteroatoms. The monoisotopic (exact) mass is 247 g/mol. The van der Waals surface area contributed by atoms with E-state index in [1.807, 2.05) is 0 Å². The minimum atomic E-state index is -1.68. The van der Waals surface area contributed by atoms with Crippen LogP contribution in [0.2, 0.25) is 0 Å². The van der Waals surface area contributed by atoms with Gasteiger partial charge in [0.05, 0.1) is 6.54 Å². The molecule has 17 heavy (non-hydrogen) atoms. The van der Waals surface area contributed by atoms with Gasteiger partial charge in [-0.15, -0.1) is 0 Å². The highest BCUT2D eigenvalue weighted by atomic mass is 19.1. The minimum Gasteiger partial charge on any atom is -0.480 e. The van der Waals surface area contributed by atoms with Crippen LogP contribution >= 0.6 is 0 Å². The Bertz CT molecular complexity index is 335. The Balaban J connectivity index is 2.81. The molecule has 0 radical (unpaired) electrons. The zero-order valence-electron chi connectivity index (χ0n) is 10.5. The number of carboxylic acids is 1. The molecule has 1 aliphatic rings. The SMILES string of the molecule is CC1(F)CC(C(=O)O)N(C(=O)OC(C)(C)C)C1. The van der Waals surface area contributed by atoms with Gasteiger partial charge in [0.1, 0.15) is 17.3 Å². The van der Waals surface area contributed by atoms with Crippen molar-refractivity contribution >= 4 is 12.1 Å². The summed E-state index contributed by atoms with van der Waals surface area (Å²) in [6.45, 7) is 6.05.